The molecular weight excluding hydrogens is 554 g/mol. The highest BCUT2D eigenvalue weighted by atomic mass is 35.5. The molecule has 10 heteroatoms. The monoisotopic (exact) mass is 588 g/mol. The maximum atomic E-state index is 15.9. The van der Waals surface area contributed by atoms with Gasteiger partial charge >= 0.3 is 0 Å². The fraction of sp³-hybridized carbons (Fsp3) is 0.567. The van der Waals surface area contributed by atoms with Crippen LogP contribution in [0.1, 0.15) is 76.3 Å². The largest absolute Gasteiger partial charge is 0.376 e. The summed E-state index contributed by atoms with van der Waals surface area (Å²) in [5.74, 6) is -2.15. The third-order valence-electron chi connectivity index (χ3n) is 9.80. The fourth-order valence-corrected chi connectivity index (χ4v) is 7.95. The predicted octanol–water partition coefficient (Wildman–Crippen LogP) is 5.50. The molecule has 5 atom stereocenters. The molecule has 6 rings (SSSR count). The summed E-state index contributed by atoms with van der Waals surface area (Å²) in [5, 5.41) is 10.1. The van der Waals surface area contributed by atoms with E-state index in [1.165, 1.54) is 6.20 Å². The van der Waals surface area contributed by atoms with Crippen LogP contribution < -0.4 is 16.0 Å². The second-order valence-electron chi connectivity index (χ2n) is 12.7. The molecule has 4 heterocycles. The fourth-order valence-electron chi connectivity index (χ4n) is 7.62. The highest BCUT2D eigenvalue weighted by Gasteiger charge is 2.73. The topological polar surface area (TPSA) is 92.4 Å². The first kappa shape index (κ1) is 27.9. The van der Waals surface area contributed by atoms with Crippen LogP contribution in [0.5, 0.6) is 0 Å². The van der Waals surface area contributed by atoms with Crippen LogP contribution in [0, 0.1) is 11.2 Å². The molecule has 7 nitrogen and oxygen atoms in total. The average Bonchev–Trinajstić information content (AvgIpc) is 3.37. The lowest BCUT2D eigenvalue weighted by atomic mass is 9.53. The van der Waals surface area contributed by atoms with Crippen molar-refractivity contribution < 1.29 is 18.7 Å². The van der Waals surface area contributed by atoms with Crippen LogP contribution in [-0.4, -0.2) is 47.1 Å². The van der Waals surface area contributed by atoms with E-state index in [9.17, 15) is 9.59 Å². The molecule has 3 N–H and O–H groups in total. The molecule has 1 aliphatic carbocycles. The summed E-state index contributed by atoms with van der Waals surface area (Å²) in [6.45, 7) is 6.87. The van der Waals surface area contributed by atoms with Crippen LogP contribution in [0.15, 0.2) is 30.5 Å². The second-order valence-corrected chi connectivity index (χ2v) is 13.5. The number of pyridine rings is 1. The van der Waals surface area contributed by atoms with Crippen molar-refractivity contribution in [3.05, 3.63) is 57.6 Å². The SMILES string of the molecule is C[C@@H]1CC[C@@H](NC(=O)[C@@H]2NC3(CCC(C)(C)CC3)[C@@]3(C(=O)Nc4cc(Cl)ccc43)[C@H]2c2ccnc(Cl)c2F)CO1. The first-order chi connectivity index (χ1) is 19.0. The minimum Gasteiger partial charge on any atom is -0.376 e. The van der Waals surface area contributed by atoms with E-state index in [1.54, 1.807) is 18.2 Å². The van der Waals surface area contributed by atoms with Crippen molar-refractivity contribution in [3.8, 4) is 0 Å². The van der Waals surface area contributed by atoms with Gasteiger partial charge in [-0.1, -0.05) is 43.1 Å². The second kappa shape index (κ2) is 9.93. The molecule has 2 spiro atoms. The van der Waals surface area contributed by atoms with Crippen LogP contribution in [0.2, 0.25) is 10.2 Å². The van der Waals surface area contributed by atoms with E-state index in [4.69, 9.17) is 27.9 Å². The van der Waals surface area contributed by atoms with Gasteiger partial charge in [-0.3, -0.25) is 14.9 Å². The standard InChI is InChI=1S/C30H35Cl2FN4O3/c1-16-4-6-18(15-40-16)35-26(38)24-22(19-8-13-34-25(32)23(19)33)30(29(37-24)11-9-28(2,3)10-12-29)20-7-5-17(31)14-21(20)36-27(30)39/h5,7-8,13-14,16,18,22,24,37H,4,6,9-12,15H2,1-3H3,(H,35,38)(H,36,39)/t16-,18-,22+,24-,30-/m1/s1. The highest BCUT2D eigenvalue weighted by molar-refractivity contribution is 6.31. The van der Waals surface area contributed by atoms with Crippen molar-refractivity contribution in [1.82, 2.24) is 15.6 Å². The summed E-state index contributed by atoms with van der Waals surface area (Å²) in [6.07, 6.45) is 6.15. The number of ether oxygens (including phenoxy) is 1. The molecular formula is C30H35Cl2FN4O3. The van der Waals surface area contributed by atoms with E-state index in [0.717, 1.165) is 31.2 Å². The zero-order valence-electron chi connectivity index (χ0n) is 23.0. The van der Waals surface area contributed by atoms with Gasteiger partial charge in [0.2, 0.25) is 11.8 Å². The molecule has 0 unspecified atom stereocenters. The zero-order chi connectivity index (χ0) is 28.4. The Labute approximate surface area is 243 Å². The Kier molecular flexibility index (Phi) is 6.92. The summed E-state index contributed by atoms with van der Waals surface area (Å²) in [7, 11) is 0. The van der Waals surface area contributed by atoms with E-state index >= 15 is 4.39 Å². The van der Waals surface area contributed by atoms with Gasteiger partial charge in [0.15, 0.2) is 11.0 Å². The Balaban J connectivity index is 1.54. The van der Waals surface area contributed by atoms with Crippen LogP contribution in [-0.2, 0) is 19.7 Å². The summed E-state index contributed by atoms with van der Waals surface area (Å²) < 4.78 is 21.8. The first-order valence-corrected chi connectivity index (χ1v) is 14.8. The number of hydrogen-bond acceptors (Lipinski definition) is 5. The maximum Gasteiger partial charge on any atom is 0.238 e. The van der Waals surface area contributed by atoms with Gasteiger partial charge < -0.3 is 15.4 Å². The molecule has 40 heavy (non-hydrogen) atoms. The molecule has 1 aromatic heterocycles. The smallest absolute Gasteiger partial charge is 0.238 e. The Morgan fingerprint density at radius 3 is 2.60 bits per heavy atom. The third-order valence-corrected chi connectivity index (χ3v) is 10.3. The summed E-state index contributed by atoms with van der Waals surface area (Å²) in [4.78, 5) is 32.6. The van der Waals surface area contributed by atoms with Crippen LogP contribution in [0.25, 0.3) is 0 Å². The van der Waals surface area contributed by atoms with Crippen molar-refractivity contribution in [2.24, 2.45) is 5.41 Å². The van der Waals surface area contributed by atoms with Gasteiger partial charge in [-0.15, -0.1) is 0 Å². The summed E-state index contributed by atoms with van der Waals surface area (Å²) in [5.41, 5.74) is -0.516. The van der Waals surface area contributed by atoms with Gasteiger partial charge in [0.05, 0.1) is 24.8 Å². The number of nitrogens with one attached hydrogen (secondary N) is 3. The zero-order valence-corrected chi connectivity index (χ0v) is 24.5. The van der Waals surface area contributed by atoms with Gasteiger partial charge in [-0.2, -0.15) is 0 Å². The number of nitrogens with zero attached hydrogens (tertiary/aromatic N) is 1. The Hall–Kier alpha value is -2.26. The number of fused-ring (bicyclic) bond motifs is 3. The van der Waals surface area contributed by atoms with Gasteiger partial charge in [0.25, 0.3) is 0 Å². The van der Waals surface area contributed by atoms with E-state index in [-0.39, 0.29) is 40.1 Å². The van der Waals surface area contributed by atoms with Gasteiger partial charge in [-0.05, 0) is 80.2 Å². The number of anilines is 1. The molecule has 3 aliphatic heterocycles. The minimum atomic E-state index is -1.28. The molecule has 3 fully saturated rings. The lowest BCUT2D eigenvalue weighted by Gasteiger charge is -2.50. The molecule has 2 aromatic rings. The van der Waals surface area contributed by atoms with Crippen LogP contribution in [0.3, 0.4) is 0 Å². The van der Waals surface area contributed by atoms with Crippen LogP contribution >= 0.6 is 23.2 Å². The molecule has 214 valence electrons. The van der Waals surface area contributed by atoms with E-state index in [1.807, 2.05) is 13.0 Å². The first-order valence-electron chi connectivity index (χ1n) is 14.1. The van der Waals surface area contributed by atoms with Crippen molar-refractivity contribution in [2.45, 2.75) is 94.4 Å². The van der Waals surface area contributed by atoms with Gasteiger partial charge in [0.1, 0.15) is 5.41 Å². The molecule has 1 saturated carbocycles. The van der Waals surface area contributed by atoms with E-state index in [2.05, 4.69) is 34.8 Å². The molecule has 2 saturated heterocycles. The number of amides is 2. The number of benzene rings is 1. The lowest BCUT2D eigenvalue weighted by Crippen LogP contribution is -2.61. The predicted molar refractivity (Wildman–Crippen MR) is 152 cm³/mol. The average molecular weight is 590 g/mol. The molecule has 0 bridgehead atoms. The van der Waals surface area contributed by atoms with Crippen LogP contribution in [0.4, 0.5) is 10.1 Å². The Morgan fingerprint density at radius 2 is 1.90 bits per heavy atom. The van der Waals surface area contributed by atoms with Crippen molar-refractivity contribution in [3.63, 3.8) is 0 Å². The number of aromatic nitrogens is 1. The molecule has 0 radical (unpaired) electrons. The number of carbonyl (C=O) groups is 2. The number of rotatable bonds is 3. The molecule has 4 aliphatic rings. The lowest BCUT2D eigenvalue weighted by molar-refractivity contribution is -0.125. The normalized spacial score (nSPS) is 32.2. The summed E-state index contributed by atoms with van der Waals surface area (Å²) >= 11 is 12.6. The van der Waals surface area contributed by atoms with Crippen molar-refractivity contribution in [1.29, 1.82) is 0 Å². The highest BCUT2D eigenvalue weighted by Crippen LogP contribution is 2.64. The number of halogens is 3. The van der Waals surface area contributed by atoms with E-state index < -0.39 is 28.7 Å². The van der Waals surface area contributed by atoms with Crippen molar-refractivity contribution >= 4 is 40.7 Å². The molecule has 2 amide bonds. The van der Waals surface area contributed by atoms with E-state index in [0.29, 0.717) is 30.2 Å². The third kappa shape index (κ3) is 4.25. The number of hydrogen-bond donors (Lipinski definition) is 3. The molecule has 1 aromatic carbocycles. The number of carbonyl (C=O) groups excluding carboxylic acids is 2. The van der Waals surface area contributed by atoms with Gasteiger partial charge in [-0.25, -0.2) is 9.37 Å². The maximum absolute atomic E-state index is 15.9. The van der Waals surface area contributed by atoms with Crippen molar-refractivity contribution in [2.75, 3.05) is 11.9 Å². The summed E-state index contributed by atoms with van der Waals surface area (Å²) in [6, 6.07) is 5.81. The Bertz CT molecular complexity index is 1350. The Morgan fingerprint density at radius 1 is 1.15 bits per heavy atom. The van der Waals surface area contributed by atoms with Gasteiger partial charge in [0, 0.05) is 28.4 Å². The quantitative estimate of drug-likeness (QED) is 0.412. The minimum absolute atomic E-state index is 0.0726.